The van der Waals surface area contributed by atoms with E-state index in [1.54, 1.807) is 0 Å². The molecule has 2 rings (SSSR count). The summed E-state index contributed by atoms with van der Waals surface area (Å²) in [5, 5.41) is 15.4. The monoisotopic (exact) mass is 262 g/mol. The number of aliphatic hydroxyl groups excluding tert-OH is 1. The topological polar surface area (TPSA) is 78.4 Å². The standard InChI is InChI=1S/C14H18N2O3/c1-9(17)15-7-6-13(19)16-14-11-5-3-2-4-10(11)8-12(14)18/h2-5,12,14,18H,6-8H2,1H3,(H,15,17)(H,16,19)/t12-,14+/m0/s1. The van der Waals surface area contributed by atoms with E-state index in [4.69, 9.17) is 0 Å². The summed E-state index contributed by atoms with van der Waals surface area (Å²) >= 11 is 0. The van der Waals surface area contributed by atoms with Gasteiger partial charge in [0.1, 0.15) is 0 Å². The van der Waals surface area contributed by atoms with Crippen LogP contribution >= 0.6 is 0 Å². The number of rotatable bonds is 4. The quantitative estimate of drug-likeness (QED) is 0.729. The summed E-state index contributed by atoms with van der Waals surface area (Å²) in [4.78, 5) is 22.5. The van der Waals surface area contributed by atoms with E-state index in [-0.39, 0.29) is 24.3 Å². The van der Waals surface area contributed by atoms with Crippen molar-refractivity contribution in [2.24, 2.45) is 0 Å². The molecule has 5 nitrogen and oxygen atoms in total. The molecule has 2 atom stereocenters. The molecule has 0 unspecified atom stereocenters. The maximum Gasteiger partial charge on any atom is 0.222 e. The minimum Gasteiger partial charge on any atom is -0.390 e. The van der Waals surface area contributed by atoms with Crippen molar-refractivity contribution in [1.29, 1.82) is 0 Å². The second-order valence-electron chi connectivity index (χ2n) is 4.75. The molecule has 1 aromatic rings. The number of aliphatic hydroxyl groups is 1. The Hall–Kier alpha value is -1.88. The fourth-order valence-corrected chi connectivity index (χ4v) is 2.35. The number of fused-ring (bicyclic) bond motifs is 1. The van der Waals surface area contributed by atoms with Crippen LogP contribution in [0, 0.1) is 0 Å². The van der Waals surface area contributed by atoms with E-state index in [2.05, 4.69) is 10.6 Å². The Kier molecular flexibility index (Phi) is 4.16. The third kappa shape index (κ3) is 3.32. The Morgan fingerprint density at radius 3 is 2.84 bits per heavy atom. The van der Waals surface area contributed by atoms with Crippen molar-refractivity contribution in [1.82, 2.24) is 10.6 Å². The Labute approximate surface area is 112 Å². The highest BCUT2D eigenvalue weighted by Gasteiger charge is 2.31. The summed E-state index contributed by atoms with van der Waals surface area (Å²) in [5.41, 5.74) is 2.05. The zero-order valence-corrected chi connectivity index (χ0v) is 10.8. The van der Waals surface area contributed by atoms with Crippen LogP contribution in [0.2, 0.25) is 0 Å². The molecule has 0 saturated heterocycles. The van der Waals surface area contributed by atoms with Gasteiger partial charge in [-0.05, 0) is 11.1 Å². The van der Waals surface area contributed by atoms with Crippen molar-refractivity contribution in [3.63, 3.8) is 0 Å². The lowest BCUT2D eigenvalue weighted by Crippen LogP contribution is -2.35. The number of hydrogen-bond donors (Lipinski definition) is 3. The average Bonchev–Trinajstić information content (AvgIpc) is 2.66. The Balaban J connectivity index is 1.92. The summed E-state index contributed by atoms with van der Waals surface area (Å²) in [7, 11) is 0. The molecule has 0 radical (unpaired) electrons. The molecule has 1 aliphatic carbocycles. The normalized spacial score (nSPS) is 20.7. The largest absolute Gasteiger partial charge is 0.390 e. The van der Waals surface area contributed by atoms with E-state index in [9.17, 15) is 14.7 Å². The lowest BCUT2D eigenvalue weighted by Gasteiger charge is -2.18. The van der Waals surface area contributed by atoms with Crippen LogP contribution in [0.3, 0.4) is 0 Å². The zero-order valence-electron chi connectivity index (χ0n) is 10.8. The molecule has 1 aromatic carbocycles. The highest BCUT2D eigenvalue weighted by Crippen LogP contribution is 2.31. The highest BCUT2D eigenvalue weighted by molar-refractivity contribution is 5.78. The van der Waals surface area contributed by atoms with Crippen molar-refractivity contribution < 1.29 is 14.7 Å². The first kappa shape index (κ1) is 13.5. The molecule has 1 aliphatic rings. The van der Waals surface area contributed by atoms with Crippen molar-refractivity contribution >= 4 is 11.8 Å². The molecule has 102 valence electrons. The van der Waals surface area contributed by atoms with Gasteiger partial charge in [-0.1, -0.05) is 24.3 Å². The molecular weight excluding hydrogens is 244 g/mol. The minimum absolute atomic E-state index is 0.154. The van der Waals surface area contributed by atoms with Crippen molar-refractivity contribution in [2.75, 3.05) is 6.54 Å². The summed E-state index contributed by atoms with van der Waals surface area (Å²) in [6.07, 6.45) is 0.194. The second-order valence-corrected chi connectivity index (χ2v) is 4.75. The molecule has 2 amide bonds. The van der Waals surface area contributed by atoms with Gasteiger partial charge in [0, 0.05) is 26.3 Å². The van der Waals surface area contributed by atoms with E-state index in [0.29, 0.717) is 13.0 Å². The molecule has 0 fully saturated rings. The highest BCUT2D eigenvalue weighted by atomic mass is 16.3. The first-order chi connectivity index (χ1) is 9.08. The van der Waals surface area contributed by atoms with Crippen LogP contribution in [0.4, 0.5) is 0 Å². The molecule has 19 heavy (non-hydrogen) atoms. The van der Waals surface area contributed by atoms with E-state index < -0.39 is 6.10 Å². The molecule has 0 aromatic heterocycles. The van der Waals surface area contributed by atoms with Gasteiger partial charge in [0.15, 0.2) is 0 Å². The predicted octanol–water partition coefficient (Wildman–Crippen LogP) is 0.287. The molecule has 0 heterocycles. The van der Waals surface area contributed by atoms with Gasteiger partial charge in [0.25, 0.3) is 0 Å². The van der Waals surface area contributed by atoms with E-state index in [0.717, 1.165) is 11.1 Å². The van der Waals surface area contributed by atoms with Crippen molar-refractivity contribution in [3.8, 4) is 0 Å². The lowest BCUT2D eigenvalue weighted by molar-refractivity contribution is -0.122. The fraction of sp³-hybridized carbons (Fsp3) is 0.429. The van der Waals surface area contributed by atoms with E-state index in [1.165, 1.54) is 6.92 Å². The van der Waals surface area contributed by atoms with Crippen LogP contribution in [-0.4, -0.2) is 29.6 Å². The number of amides is 2. The van der Waals surface area contributed by atoms with Gasteiger partial charge in [0.05, 0.1) is 12.1 Å². The van der Waals surface area contributed by atoms with Gasteiger partial charge >= 0.3 is 0 Å². The Morgan fingerprint density at radius 1 is 1.37 bits per heavy atom. The second kappa shape index (κ2) is 5.84. The van der Waals surface area contributed by atoms with Gasteiger partial charge in [-0.25, -0.2) is 0 Å². The first-order valence-corrected chi connectivity index (χ1v) is 6.37. The van der Waals surface area contributed by atoms with Crippen LogP contribution in [0.5, 0.6) is 0 Å². The van der Waals surface area contributed by atoms with Crippen molar-refractivity contribution in [2.45, 2.75) is 31.9 Å². The summed E-state index contributed by atoms with van der Waals surface area (Å²) in [6, 6.07) is 7.35. The molecule has 0 bridgehead atoms. The number of nitrogens with one attached hydrogen (secondary N) is 2. The lowest BCUT2D eigenvalue weighted by atomic mass is 10.1. The van der Waals surface area contributed by atoms with Gasteiger partial charge < -0.3 is 15.7 Å². The molecule has 5 heteroatoms. The van der Waals surface area contributed by atoms with Crippen LogP contribution in [0.1, 0.15) is 30.5 Å². The molecule has 3 N–H and O–H groups in total. The zero-order chi connectivity index (χ0) is 13.8. The number of carbonyl (C=O) groups excluding carboxylic acids is 2. The smallest absolute Gasteiger partial charge is 0.222 e. The van der Waals surface area contributed by atoms with Crippen LogP contribution in [-0.2, 0) is 16.0 Å². The third-order valence-electron chi connectivity index (χ3n) is 3.25. The van der Waals surface area contributed by atoms with E-state index in [1.807, 2.05) is 24.3 Å². The average molecular weight is 262 g/mol. The Morgan fingerprint density at radius 2 is 2.11 bits per heavy atom. The van der Waals surface area contributed by atoms with Crippen LogP contribution < -0.4 is 10.6 Å². The molecule has 0 saturated carbocycles. The maximum atomic E-state index is 11.8. The summed E-state index contributed by atoms with van der Waals surface area (Å²) in [5.74, 6) is -0.325. The van der Waals surface area contributed by atoms with E-state index >= 15 is 0 Å². The fourth-order valence-electron chi connectivity index (χ4n) is 2.35. The number of hydrogen-bond acceptors (Lipinski definition) is 3. The maximum absolute atomic E-state index is 11.8. The minimum atomic E-state index is -0.581. The molecular formula is C14H18N2O3. The first-order valence-electron chi connectivity index (χ1n) is 6.37. The summed E-state index contributed by atoms with van der Waals surface area (Å²) in [6.45, 7) is 1.72. The number of carbonyl (C=O) groups is 2. The van der Waals surface area contributed by atoms with Gasteiger partial charge in [-0.15, -0.1) is 0 Å². The van der Waals surface area contributed by atoms with Crippen LogP contribution in [0.25, 0.3) is 0 Å². The van der Waals surface area contributed by atoms with Gasteiger partial charge in [0.2, 0.25) is 11.8 Å². The molecule has 0 aliphatic heterocycles. The molecule has 0 spiro atoms. The number of benzene rings is 1. The van der Waals surface area contributed by atoms with Gasteiger partial charge in [-0.2, -0.15) is 0 Å². The Bertz CT molecular complexity index is 487. The predicted molar refractivity (Wildman–Crippen MR) is 70.3 cm³/mol. The SMILES string of the molecule is CC(=O)NCCC(=O)N[C@@H]1c2ccccc2C[C@@H]1O. The summed E-state index contributed by atoms with van der Waals surface area (Å²) < 4.78 is 0. The van der Waals surface area contributed by atoms with Crippen LogP contribution in [0.15, 0.2) is 24.3 Å². The van der Waals surface area contributed by atoms with Gasteiger partial charge in [-0.3, -0.25) is 9.59 Å². The third-order valence-corrected chi connectivity index (χ3v) is 3.25. The van der Waals surface area contributed by atoms with Crippen molar-refractivity contribution in [3.05, 3.63) is 35.4 Å².